The van der Waals surface area contributed by atoms with E-state index in [0.717, 1.165) is 36.2 Å². The van der Waals surface area contributed by atoms with E-state index in [1.807, 2.05) is 45.0 Å². The van der Waals surface area contributed by atoms with E-state index in [-0.39, 0.29) is 11.8 Å². The third-order valence-corrected chi connectivity index (χ3v) is 6.28. The maximum atomic E-state index is 13.8. The first-order valence-corrected chi connectivity index (χ1v) is 11.5. The van der Waals surface area contributed by atoms with Crippen molar-refractivity contribution in [1.82, 2.24) is 4.90 Å². The summed E-state index contributed by atoms with van der Waals surface area (Å²) in [6.07, 6.45) is 1.13. The topological polar surface area (TPSA) is 49.9 Å². The largest absolute Gasteiger partial charge is 0.494 e. The summed E-state index contributed by atoms with van der Waals surface area (Å²) in [5.41, 5.74) is 4.55. The lowest BCUT2D eigenvalue weighted by Crippen LogP contribution is -2.42. The number of rotatable bonds is 5. The minimum Gasteiger partial charge on any atom is -0.494 e. The van der Waals surface area contributed by atoms with E-state index in [0.29, 0.717) is 41.1 Å². The van der Waals surface area contributed by atoms with Crippen molar-refractivity contribution in [1.29, 1.82) is 0 Å². The minimum absolute atomic E-state index is 0.250. The van der Waals surface area contributed by atoms with Crippen LogP contribution in [0.25, 0.3) is 5.57 Å². The predicted octanol–water partition coefficient (Wildman–Crippen LogP) is 4.96. The van der Waals surface area contributed by atoms with Crippen molar-refractivity contribution < 1.29 is 14.3 Å². The number of imide groups is 1. The molecule has 168 valence electrons. The second-order valence-electron chi connectivity index (χ2n) is 9.27. The van der Waals surface area contributed by atoms with E-state index < -0.39 is 0 Å². The molecule has 0 aliphatic carbocycles. The predicted molar refractivity (Wildman–Crippen MR) is 127 cm³/mol. The SMILES string of the molecule is CCOc1cccc(N2C(=O)C(c3ccc(C)cc3C)=C(N3CC(C)CC(C)C3)C2=O)c1. The highest BCUT2D eigenvalue weighted by molar-refractivity contribution is 6.45. The molecule has 2 heterocycles. The number of carbonyl (C=O) groups is 2. The lowest BCUT2D eigenvalue weighted by molar-refractivity contribution is -0.120. The molecule has 2 aliphatic rings. The van der Waals surface area contributed by atoms with Gasteiger partial charge in [0.2, 0.25) is 0 Å². The molecule has 2 aromatic carbocycles. The number of hydrogen-bond acceptors (Lipinski definition) is 4. The fraction of sp³-hybridized carbons (Fsp3) is 0.407. The first-order chi connectivity index (χ1) is 15.3. The molecule has 2 aliphatic heterocycles. The molecule has 2 atom stereocenters. The normalized spacial score (nSPS) is 21.5. The Labute approximate surface area is 190 Å². The van der Waals surface area contributed by atoms with Gasteiger partial charge in [0.1, 0.15) is 11.4 Å². The maximum Gasteiger partial charge on any atom is 0.282 e. The van der Waals surface area contributed by atoms with Crippen LogP contribution in [-0.2, 0) is 9.59 Å². The van der Waals surface area contributed by atoms with Crippen LogP contribution < -0.4 is 9.64 Å². The molecule has 0 aromatic heterocycles. The number of amides is 2. The van der Waals surface area contributed by atoms with Crippen molar-refractivity contribution in [3.8, 4) is 5.75 Å². The fourth-order valence-electron chi connectivity index (χ4n) is 5.11. The zero-order chi connectivity index (χ0) is 23.0. The molecule has 0 saturated carbocycles. The highest BCUT2D eigenvalue weighted by Gasteiger charge is 2.44. The summed E-state index contributed by atoms with van der Waals surface area (Å²) < 4.78 is 5.62. The van der Waals surface area contributed by atoms with Gasteiger partial charge >= 0.3 is 0 Å². The van der Waals surface area contributed by atoms with E-state index in [4.69, 9.17) is 4.74 Å². The first kappa shape index (κ1) is 22.1. The quantitative estimate of drug-likeness (QED) is 0.627. The summed E-state index contributed by atoms with van der Waals surface area (Å²) in [5.74, 6) is 1.05. The molecule has 1 saturated heterocycles. The average molecular weight is 433 g/mol. The van der Waals surface area contributed by atoms with Gasteiger partial charge in [-0.15, -0.1) is 0 Å². The van der Waals surface area contributed by atoms with Crippen LogP contribution >= 0.6 is 0 Å². The molecule has 2 aromatic rings. The summed E-state index contributed by atoms with van der Waals surface area (Å²) in [6.45, 7) is 12.5. The van der Waals surface area contributed by atoms with Gasteiger partial charge in [-0.1, -0.05) is 43.7 Å². The van der Waals surface area contributed by atoms with Crippen molar-refractivity contribution in [2.45, 2.75) is 41.0 Å². The third kappa shape index (κ3) is 4.04. The Morgan fingerprint density at radius 2 is 1.69 bits per heavy atom. The Morgan fingerprint density at radius 3 is 2.34 bits per heavy atom. The van der Waals surface area contributed by atoms with E-state index >= 15 is 0 Å². The van der Waals surface area contributed by atoms with Crippen molar-refractivity contribution in [3.05, 3.63) is 64.9 Å². The summed E-state index contributed by atoms with van der Waals surface area (Å²) in [4.78, 5) is 31.1. The van der Waals surface area contributed by atoms with Crippen LogP contribution in [0.2, 0.25) is 0 Å². The van der Waals surface area contributed by atoms with E-state index in [1.165, 1.54) is 4.90 Å². The molecule has 4 rings (SSSR count). The maximum absolute atomic E-state index is 13.8. The van der Waals surface area contributed by atoms with Crippen molar-refractivity contribution in [3.63, 3.8) is 0 Å². The lowest BCUT2D eigenvalue weighted by atomic mass is 9.90. The van der Waals surface area contributed by atoms with Gasteiger partial charge in [-0.25, -0.2) is 4.90 Å². The lowest BCUT2D eigenvalue weighted by Gasteiger charge is -2.37. The zero-order valence-electron chi connectivity index (χ0n) is 19.6. The van der Waals surface area contributed by atoms with Crippen LogP contribution in [0.4, 0.5) is 5.69 Å². The van der Waals surface area contributed by atoms with Crippen LogP contribution in [0, 0.1) is 25.7 Å². The number of anilines is 1. The van der Waals surface area contributed by atoms with Crippen molar-refractivity contribution in [2.75, 3.05) is 24.6 Å². The van der Waals surface area contributed by atoms with Gasteiger partial charge in [0.05, 0.1) is 17.9 Å². The monoisotopic (exact) mass is 432 g/mol. The Balaban J connectivity index is 1.84. The number of piperidine rings is 1. The number of benzene rings is 2. The second-order valence-corrected chi connectivity index (χ2v) is 9.27. The highest BCUT2D eigenvalue weighted by atomic mass is 16.5. The Kier molecular flexibility index (Phi) is 6.09. The van der Waals surface area contributed by atoms with Gasteiger partial charge in [0.15, 0.2) is 0 Å². The number of likely N-dealkylation sites (tertiary alicyclic amines) is 1. The van der Waals surface area contributed by atoms with Crippen LogP contribution in [0.3, 0.4) is 0 Å². The molecular formula is C27H32N2O3. The van der Waals surface area contributed by atoms with Gasteiger partial charge < -0.3 is 9.64 Å². The molecule has 0 N–H and O–H groups in total. The third-order valence-electron chi connectivity index (χ3n) is 6.28. The Bertz CT molecular complexity index is 1080. The van der Waals surface area contributed by atoms with Gasteiger partial charge in [-0.05, 0) is 62.3 Å². The molecule has 5 heteroatoms. The van der Waals surface area contributed by atoms with Gasteiger partial charge in [0.25, 0.3) is 11.8 Å². The van der Waals surface area contributed by atoms with Gasteiger partial charge in [0, 0.05) is 19.2 Å². The molecule has 2 unspecified atom stereocenters. The van der Waals surface area contributed by atoms with Crippen molar-refractivity contribution >= 4 is 23.1 Å². The van der Waals surface area contributed by atoms with E-state index in [1.54, 1.807) is 12.1 Å². The van der Waals surface area contributed by atoms with Crippen LogP contribution in [0.1, 0.15) is 43.9 Å². The smallest absolute Gasteiger partial charge is 0.282 e. The molecule has 2 amide bonds. The highest BCUT2D eigenvalue weighted by Crippen LogP contribution is 2.39. The van der Waals surface area contributed by atoms with Crippen molar-refractivity contribution in [2.24, 2.45) is 11.8 Å². The summed E-state index contributed by atoms with van der Waals surface area (Å²) >= 11 is 0. The van der Waals surface area contributed by atoms with Gasteiger partial charge in [-0.2, -0.15) is 0 Å². The average Bonchev–Trinajstić information content (AvgIpc) is 2.98. The van der Waals surface area contributed by atoms with Crippen LogP contribution in [0.15, 0.2) is 48.2 Å². The van der Waals surface area contributed by atoms with E-state index in [9.17, 15) is 9.59 Å². The first-order valence-electron chi connectivity index (χ1n) is 11.5. The Morgan fingerprint density at radius 1 is 0.969 bits per heavy atom. The van der Waals surface area contributed by atoms with E-state index in [2.05, 4.69) is 24.8 Å². The van der Waals surface area contributed by atoms with Crippen LogP contribution in [0.5, 0.6) is 5.75 Å². The van der Waals surface area contributed by atoms with Crippen LogP contribution in [-0.4, -0.2) is 36.4 Å². The second kappa shape index (κ2) is 8.81. The molecular weight excluding hydrogens is 400 g/mol. The molecule has 0 radical (unpaired) electrons. The summed E-state index contributed by atoms with van der Waals surface area (Å²) in [6, 6.07) is 13.3. The van der Waals surface area contributed by atoms with Gasteiger partial charge in [-0.3, -0.25) is 9.59 Å². The number of nitrogens with zero attached hydrogens (tertiary/aromatic N) is 2. The zero-order valence-corrected chi connectivity index (χ0v) is 19.6. The summed E-state index contributed by atoms with van der Waals surface area (Å²) in [5, 5.41) is 0. The fourth-order valence-corrected chi connectivity index (χ4v) is 5.11. The molecule has 1 fully saturated rings. The summed E-state index contributed by atoms with van der Waals surface area (Å²) in [7, 11) is 0. The molecule has 0 bridgehead atoms. The molecule has 5 nitrogen and oxygen atoms in total. The minimum atomic E-state index is -0.267. The number of hydrogen-bond donors (Lipinski definition) is 0. The number of aryl methyl sites for hydroxylation is 2. The number of ether oxygens (including phenoxy) is 1. The molecule has 32 heavy (non-hydrogen) atoms. The molecule has 0 spiro atoms. The number of carbonyl (C=O) groups excluding carboxylic acids is 2. The Hall–Kier alpha value is -3.08. The standard InChI is InChI=1S/C27H32N2O3/c1-6-32-22-9-7-8-21(14-22)29-26(30)24(23-11-10-17(2)13-20(23)5)25(27(29)31)28-15-18(3)12-19(4)16-28/h7-11,13-14,18-19H,6,12,15-16H2,1-5H3.